The predicted molar refractivity (Wildman–Crippen MR) is 87.7 cm³/mol. The molecule has 0 bridgehead atoms. The van der Waals surface area contributed by atoms with Gasteiger partial charge in [-0.1, -0.05) is 39.4 Å². The summed E-state index contributed by atoms with van der Waals surface area (Å²) in [4.78, 5) is 7.55. The number of nitrogens with one attached hydrogen (secondary N) is 1. The van der Waals surface area contributed by atoms with Crippen LogP contribution >= 0.6 is 27.3 Å². The van der Waals surface area contributed by atoms with Crippen molar-refractivity contribution in [1.82, 2.24) is 10.3 Å². The van der Waals surface area contributed by atoms with Crippen LogP contribution < -0.4 is 15.0 Å². The topological polar surface area (TPSA) is 37.4 Å². The van der Waals surface area contributed by atoms with E-state index in [0.29, 0.717) is 5.88 Å². The van der Waals surface area contributed by atoms with Gasteiger partial charge in [0.25, 0.3) is 0 Å². The third-order valence-corrected chi connectivity index (χ3v) is 4.49. The molecule has 0 aliphatic rings. The standard InChI is InChI=1S/C14H18BrN3OS/c1-18(2)14-17-13(19-3)12(20-14)9-16-8-10-4-6-11(15)7-5-10/h4-7,16H,8-9H2,1-3H3. The number of thiazole rings is 1. The maximum absolute atomic E-state index is 5.32. The SMILES string of the molecule is COc1nc(N(C)C)sc1CNCc1ccc(Br)cc1. The molecule has 0 unspecified atom stereocenters. The van der Waals surface area contributed by atoms with Gasteiger partial charge >= 0.3 is 0 Å². The maximum atomic E-state index is 5.32. The number of ether oxygens (including phenoxy) is 1. The number of rotatable bonds is 6. The Morgan fingerprint density at radius 2 is 1.95 bits per heavy atom. The van der Waals surface area contributed by atoms with E-state index < -0.39 is 0 Å². The van der Waals surface area contributed by atoms with Crippen LogP contribution in [0.5, 0.6) is 5.88 Å². The van der Waals surface area contributed by atoms with Gasteiger partial charge in [0.05, 0.1) is 12.0 Å². The summed E-state index contributed by atoms with van der Waals surface area (Å²) in [5.74, 6) is 0.710. The molecule has 0 amide bonds. The fraction of sp³-hybridized carbons (Fsp3) is 0.357. The van der Waals surface area contributed by atoms with Crippen LogP contribution in [0.25, 0.3) is 0 Å². The smallest absolute Gasteiger partial charge is 0.230 e. The van der Waals surface area contributed by atoms with E-state index in [-0.39, 0.29) is 0 Å². The third kappa shape index (κ3) is 3.94. The van der Waals surface area contributed by atoms with E-state index in [0.717, 1.165) is 27.6 Å². The molecule has 6 heteroatoms. The van der Waals surface area contributed by atoms with Gasteiger partial charge in [0.1, 0.15) is 0 Å². The highest BCUT2D eigenvalue weighted by molar-refractivity contribution is 9.10. The Morgan fingerprint density at radius 1 is 1.25 bits per heavy atom. The molecular weight excluding hydrogens is 338 g/mol. The average molecular weight is 356 g/mol. The van der Waals surface area contributed by atoms with Crippen LogP contribution in [0.1, 0.15) is 10.4 Å². The van der Waals surface area contributed by atoms with Crippen molar-refractivity contribution in [2.45, 2.75) is 13.1 Å². The van der Waals surface area contributed by atoms with Gasteiger partial charge in [-0.05, 0) is 17.7 Å². The van der Waals surface area contributed by atoms with Gasteiger partial charge in [0, 0.05) is 31.7 Å². The first kappa shape index (κ1) is 15.3. The summed E-state index contributed by atoms with van der Waals surface area (Å²) in [6.07, 6.45) is 0. The van der Waals surface area contributed by atoms with Crippen molar-refractivity contribution < 1.29 is 4.74 Å². The summed E-state index contributed by atoms with van der Waals surface area (Å²) in [6, 6.07) is 8.31. The molecule has 2 aromatic rings. The van der Waals surface area contributed by atoms with Crippen molar-refractivity contribution in [2.24, 2.45) is 0 Å². The molecule has 0 fully saturated rings. The number of benzene rings is 1. The zero-order valence-electron chi connectivity index (χ0n) is 11.8. The molecule has 0 spiro atoms. The molecule has 1 aromatic heterocycles. The second-order valence-corrected chi connectivity index (χ2v) is 6.53. The van der Waals surface area contributed by atoms with E-state index >= 15 is 0 Å². The molecule has 0 radical (unpaired) electrons. The molecule has 1 heterocycles. The Hall–Kier alpha value is -1.11. The zero-order valence-corrected chi connectivity index (χ0v) is 14.2. The van der Waals surface area contributed by atoms with Gasteiger partial charge in [-0.2, -0.15) is 4.98 Å². The Morgan fingerprint density at radius 3 is 2.55 bits per heavy atom. The molecule has 0 saturated heterocycles. The average Bonchev–Trinajstić information content (AvgIpc) is 2.84. The highest BCUT2D eigenvalue weighted by Gasteiger charge is 2.12. The molecule has 0 atom stereocenters. The second-order valence-electron chi connectivity index (χ2n) is 4.55. The van der Waals surface area contributed by atoms with Crippen molar-refractivity contribution in [3.63, 3.8) is 0 Å². The van der Waals surface area contributed by atoms with Gasteiger partial charge in [-0.25, -0.2) is 0 Å². The van der Waals surface area contributed by atoms with Gasteiger partial charge in [-0.3, -0.25) is 0 Å². The fourth-order valence-corrected chi connectivity index (χ4v) is 2.90. The van der Waals surface area contributed by atoms with Crippen molar-refractivity contribution in [2.75, 3.05) is 26.1 Å². The first-order valence-corrected chi connectivity index (χ1v) is 7.87. The summed E-state index contributed by atoms with van der Waals surface area (Å²) >= 11 is 5.09. The van der Waals surface area contributed by atoms with Crippen molar-refractivity contribution in [3.8, 4) is 5.88 Å². The third-order valence-electron chi connectivity index (χ3n) is 2.75. The van der Waals surface area contributed by atoms with Crippen LogP contribution in [0.3, 0.4) is 0 Å². The van der Waals surface area contributed by atoms with Gasteiger partial charge in [0.15, 0.2) is 5.13 Å². The number of methoxy groups -OCH3 is 1. The molecule has 4 nitrogen and oxygen atoms in total. The molecule has 1 N–H and O–H groups in total. The summed E-state index contributed by atoms with van der Waals surface area (Å²) in [6.45, 7) is 1.58. The summed E-state index contributed by atoms with van der Waals surface area (Å²) < 4.78 is 6.42. The normalized spacial score (nSPS) is 10.6. The molecule has 20 heavy (non-hydrogen) atoms. The molecule has 1 aromatic carbocycles. The first-order valence-electron chi connectivity index (χ1n) is 6.26. The Kier molecular flexibility index (Phi) is 5.39. The minimum atomic E-state index is 0.710. The Balaban J connectivity index is 1.95. The van der Waals surface area contributed by atoms with Crippen LogP contribution in [0.2, 0.25) is 0 Å². The lowest BCUT2D eigenvalue weighted by Crippen LogP contribution is -2.12. The van der Waals surface area contributed by atoms with E-state index in [4.69, 9.17) is 4.74 Å². The van der Waals surface area contributed by atoms with E-state index in [1.807, 2.05) is 19.0 Å². The van der Waals surface area contributed by atoms with E-state index in [1.54, 1.807) is 18.4 Å². The number of hydrogen-bond acceptors (Lipinski definition) is 5. The zero-order chi connectivity index (χ0) is 14.5. The molecule has 2 rings (SSSR count). The molecule has 0 aliphatic carbocycles. The van der Waals surface area contributed by atoms with Crippen LogP contribution in [-0.4, -0.2) is 26.2 Å². The van der Waals surface area contributed by atoms with E-state index in [1.165, 1.54) is 5.56 Å². The van der Waals surface area contributed by atoms with E-state index in [9.17, 15) is 0 Å². The van der Waals surface area contributed by atoms with Gasteiger partial charge < -0.3 is 15.0 Å². The van der Waals surface area contributed by atoms with Crippen molar-refractivity contribution in [1.29, 1.82) is 0 Å². The molecule has 0 aliphatic heterocycles. The molecule has 108 valence electrons. The summed E-state index contributed by atoms with van der Waals surface area (Å²) in [5.41, 5.74) is 1.25. The van der Waals surface area contributed by atoms with Crippen LogP contribution in [0.15, 0.2) is 28.7 Å². The molecule has 0 saturated carbocycles. The summed E-state index contributed by atoms with van der Waals surface area (Å²) in [7, 11) is 5.63. The van der Waals surface area contributed by atoms with Crippen molar-refractivity contribution in [3.05, 3.63) is 39.2 Å². The maximum Gasteiger partial charge on any atom is 0.230 e. The van der Waals surface area contributed by atoms with Crippen LogP contribution in [0, 0.1) is 0 Å². The lowest BCUT2D eigenvalue weighted by atomic mass is 10.2. The first-order chi connectivity index (χ1) is 9.60. The van der Waals surface area contributed by atoms with Crippen molar-refractivity contribution >= 4 is 32.4 Å². The quantitative estimate of drug-likeness (QED) is 0.862. The summed E-state index contributed by atoms with van der Waals surface area (Å²) in [5, 5.41) is 4.38. The highest BCUT2D eigenvalue weighted by atomic mass is 79.9. The van der Waals surface area contributed by atoms with E-state index in [2.05, 4.69) is 50.5 Å². The second kappa shape index (κ2) is 7.06. The number of anilines is 1. The largest absolute Gasteiger partial charge is 0.480 e. The minimum Gasteiger partial charge on any atom is -0.480 e. The minimum absolute atomic E-state index is 0.710. The lowest BCUT2D eigenvalue weighted by Gasteiger charge is -2.05. The number of nitrogens with zero attached hydrogens (tertiary/aromatic N) is 2. The van der Waals surface area contributed by atoms with Crippen LogP contribution in [-0.2, 0) is 13.1 Å². The predicted octanol–water partition coefficient (Wildman–Crippen LogP) is 3.27. The molecular formula is C14H18BrN3OS. The number of halogens is 1. The Bertz CT molecular complexity index is 554. The van der Waals surface area contributed by atoms with Crippen LogP contribution in [0.4, 0.5) is 5.13 Å². The Labute approximate surface area is 131 Å². The highest BCUT2D eigenvalue weighted by Crippen LogP contribution is 2.30. The lowest BCUT2D eigenvalue weighted by molar-refractivity contribution is 0.394. The van der Waals surface area contributed by atoms with Gasteiger partial charge in [-0.15, -0.1) is 0 Å². The number of hydrogen-bond donors (Lipinski definition) is 1. The van der Waals surface area contributed by atoms with Gasteiger partial charge in [0.2, 0.25) is 5.88 Å². The monoisotopic (exact) mass is 355 g/mol. The fourth-order valence-electron chi connectivity index (χ4n) is 1.71. The number of aromatic nitrogens is 1.